The lowest BCUT2D eigenvalue weighted by atomic mass is 10.0. The summed E-state index contributed by atoms with van der Waals surface area (Å²) in [5.74, 6) is 0.413. The van der Waals surface area contributed by atoms with E-state index in [-0.39, 0.29) is 28.7 Å². The summed E-state index contributed by atoms with van der Waals surface area (Å²) >= 11 is 5.80. The summed E-state index contributed by atoms with van der Waals surface area (Å²) in [6.45, 7) is -0.340. The van der Waals surface area contributed by atoms with Gasteiger partial charge in [-0.3, -0.25) is 0 Å². The molecular weight excluding hydrogens is 234 g/mol. The van der Waals surface area contributed by atoms with Gasteiger partial charge in [-0.1, -0.05) is 11.6 Å². The SMILES string of the molecule is COc1cc(Cl)c(O)c(C(N)CO)c1OC. The number of nitrogens with two attached hydrogens (primary N) is 1. The van der Waals surface area contributed by atoms with Crippen molar-refractivity contribution in [1.29, 1.82) is 0 Å². The number of hydrogen-bond donors (Lipinski definition) is 3. The predicted octanol–water partition coefficient (Wildman–Crippen LogP) is 1.05. The molecule has 0 bridgehead atoms. The number of methoxy groups -OCH3 is 2. The van der Waals surface area contributed by atoms with E-state index in [9.17, 15) is 5.11 Å². The van der Waals surface area contributed by atoms with E-state index < -0.39 is 6.04 Å². The molecule has 6 heteroatoms. The molecule has 0 aliphatic heterocycles. The van der Waals surface area contributed by atoms with Crippen molar-refractivity contribution in [2.45, 2.75) is 6.04 Å². The van der Waals surface area contributed by atoms with Gasteiger partial charge in [0.15, 0.2) is 11.5 Å². The van der Waals surface area contributed by atoms with E-state index in [1.165, 1.54) is 20.3 Å². The summed E-state index contributed by atoms with van der Waals surface area (Å²) in [4.78, 5) is 0. The maximum absolute atomic E-state index is 9.77. The third kappa shape index (κ3) is 2.16. The van der Waals surface area contributed by atoms with Crippen LogP contribution in [0, 0.1) is 0 Å². The average molecular weight is 248 g/mol. The van der Waals surface area contributed by atoms with E-state index in [1.54, 1.807) is 0 Å². The van der Waals surface area contributed by atoms with E-state index in [0.717, 1.165) is 0 Å². The Labute approximate surface area is 98.3 Å². The molecule has 4 N–H and O–H groups in total. The molecule has 0 heterocycles. The molecule has 0 aliphatic carbocycles. The van der Waals surface area contributed by atoms with Gasteiger partial charge in [0.25, 0.3) is 0 Å². The number of halogens is 1. The van der Waals surface area contributed by atoms with Crippen molar-refractivity contribution in [3.05, 3.63) is 16.7 Å². The highest BCUT2D eigenvalue weighted by molar-refractivity contribution is 6.32. The first-order chi connectivity index (χ1) is 7.56. The van der Waals surface area contributed by atoms with Crippen LogP contribution in [0.4, 0.5) is 0 Å². The maximum Gasteiger partial charge on any atom is 0.169 e. The Morgan fingerprint density at radius 2 is 2.06 bits per heavy atom. The molecule has 0 spiro atoms. The standard InChI is InChI=1S/C10H14ClNO4/c1-15-7-3-5(11)9(14)8(6(12)4-13)10(7)16-2/h3,6,13-14H,4,12H2,1-2H3. The van der Waals surface area contributed by atoms with Crippen LogP contribution in [-0.2, 0) is 0 Å². The van der Waals surface area contributed by atoms with E-state index in [4.69, 9.17) is 31.9 Å². The van der Waals surface area contributed by atoms with Gasteiger partial charge >= 0.3 is 0 Å². The van der Waals surface area contributed by atoms with E-state index in [0.29, 0.717) is 5.75 Å². The molecule has 0 aliphatic rings. The van der Waals surface area contributed by atoms with Crippen LogP contribution in [0.5, 0.6) is 17.2 Å². The topological polar surface area (TPSA) is 84.9 Å². The average Bonchev–Trinajstić information content (AvgIpc) is 2.30. The van der Waals surface area contributed by atoms with E-state index >= 15 is 0 Å². The number of aliphatic hydroxyl groups is 1. The maximum atomic E-state index is 9.77. The van der Waals surface area contributed by atoms with Gasteiger partial charge in [-0.15, -0.1) is 0 Å². The molecule has 1 aromatic carbocycles. The molecular formula is C10H14ClNO4. The van der Waals surface area contributed by atoms with Crippen molar-refractivity contribution in [3.63, 3.8) is 0 Å². The minimum Gasteiger partial charge on any atom is -0.506 e. The minimum absolute atomic E-state index is 0.0940. The third-order valence-corrected chi connectivity index (χ3v) is 2.49. The van der Waals surface area contributed by atoms with Gasteiger partial charge in [0, 0.05) is 6.07 Å². The number of phenols is 1. The molecule has 0 aromatic heterocycles. The lowest BCUT2D eigenvalue weighted by molar-refractivity contribution is 0.259. The Balaban J connectivity index is 3.46. The van der Waals surface area contributed by atoms with Crippen LogP contribution in [0.3, 0.4) is 0 Å². The van der Waals surface area contributed by atoms with Crippen LogP contribution in [0.2, 0.25) is 5.02 Å². The van der Waals surface area contributed by atoms with Crippen molar-refractivity contribution in [3.8, 4) is 17.2 Å². The van der Waals surface area contributed by atoms with Crippen molar-refractivity contribution in [2.24, 2.45) is 5.73 Å². The summed E-state index contributed by atoms with van der Waals surface area (Å²) in [6.07, 6.45) is 0. The van der Waals surface area contributed by atoms with Crippen molar-refractivity contribution < 1.29 is 19.7 Å². The molecule has 0 amide bonds. The molecule has 90 valence electrons. The number of aromatic hydroxyl groups is 1. The van der Waals surface area contributed by atoms with Gasteiger partial charge in [-0.2, -0.15) is 0 Å². The highest BCUT2D eigenvalue weighted by Gasteiger charge is 2.22. The molecule has 0 saturated carbocycles. The summed E-state index contributed by atoms with van der Waals surface area (Å²) < 4.78 is 10.1. The van der Waals surface area contributed by atoms with Crippen LogP contribution in [0.1, 0.15) is 11.6 Å². The zero-order chi connectivity index (χ0) is 12.3. The van der Waals surface area contributed by atoms with Gasteiger partial charge in [0.05, 0.1) is 37.5 Å². The highest BCUT2D eigenvalue weighted by atomic mass is 35.5. The smallest absolute Gasteiger partial charge is 0.169 e. The second-order valence-corrected chi connectivity index (χ2v) is 3.55. The third-order valence-electron chi connectivity index (χ3n) is 2.20. The van der Waals surface area contributed by atoms with Crippen LogP contribution in [0.25, 0.3) is 0 Å². The second kappa shape index (κ2) is 5.25. The van der Waals surface area contributed by atoms with Gasteiger partial charge in [-0.05, 0) is 0 Å². The molecule has 0 fully saturated rings. The highest BCUT2D eigenvalue weighted by Crippen LogP contribution is 2.44. The minimum atomic E-state index is -0.789. The first-order valence-electron chi connectivity index (χ1n) is 4.56. The fourth-order valence-electron chi connectivity index (χ4n) is 1.42. The lowest BCUT2D eigenvalue weighted by Crippen LogP contribution is -2.16. The van der Waals surface area contributed by atoms with Crippen LogP contribution < -0.4 is 15.2 Å². The number of hydrogen-bond acceptors (Lipinski definition) is 5. The monoisotopic (exact) mass is 247 g/mol. The molecule has 0 saturated heterocycles. The van der Waals surface area contributed by atoms with Crippen molar-refractivity contribution >= 4 is 11.6 Å². The normalized spacial score (nSPS) is 12.3. The van der Waals surface area contributed by atoms with Crippen molar-refractivity contribution in [2.75, 3.05) is 20.8 Å². The largest absolute Gasteiger partial charge is 0.506 e. The summed E-state index contributed by atoms with van der Waals surface area (Å²) in [6, 6.07) is 0.631. The summed E-state index contributed by atoms with van der Waals surface area (Å²) in [7, 11) is 2.86. The molecule has 1 unspecified atom stereocenters. The Morgan fingerprint density at radius 3 is 2.50 bits per heavy atom. The molecule has 16 heavy (non-hydrogen) atoms. The fourth-order valence-corrected chi connectivity index (χ4v) is 1.62. The Bertz CT molecular complexity index is 384. The quantitative estimate of drug-likeness (QED) is 0.741. The number of phenolic OH excluding ortho intramolecular Hbond substituents is 1. The lowest BCUT2D eigenvalue weighted by Gasteiger charge is -2.18. The molecule has 1 rings (SSSR count). The molecule has 1 aromatic rings. The Hall–Kier alpha value is -1.17. The van der Waals surface area contributed by atoms with Gasteiger partial charge < -0.3 is 25.4 Å². The van der Waals surface area contributed by atoms with E-state index in [1.807, 2.05) is 0 Å². The first kappa shape index (κ1) is 12.9. The zero-order valence-electron chi connectivity index (χ0n) is 9.03. The van der Waals surface area contributed by atoms with Gasteiger partial charge in [0.2, 0.25) is 0 Å². The van der Waals surface area contributed by atoms with Gasteiger partial charge in [0.1, 0.15) is 5.75 Å². The Morgan fingerprint density at radius 1 is 1.44 bits per heavy atom. The van der Waals surface area contributed by atoms with Gasteiger partial charge in [-0.25, -0.2) is 0 Å². The Kier molecular flexibility index (Phi) is 4.23. The first-order valence-corrected chi connectivity index (χ1v) is 4.94. The second-order valence-electron chi connectivity index (χ2n) is 3.15. The predicted molar refractivity (Wildman–Crippen MR) is 60.2 cm³/mol. The summed E-state index contributed by atoms with van der Waals surface area (Å²) in [5, 5.41) is 18.9. The summed E-state index contributed by atoms with van der Waals surface area (Å²) in [5.41, 5.74) is 5.89. The van der Waals surface area contributed by atoms with Crippen LogP contribution in [-0.4, -0.2) is 31.0 Å². The zero-order valence-corrected chi connectivity index (χ0v) is 9.78. The van der Waals surface area contributed by atoms with Crippen LogP contribution >= 0.6 is 11.6 Å². The van der Waals surface area contributed by atoms with Crippen LogP contribution in [0.15, 0.2) is 6.07 Å². The number of benzene rings is 1. The van der Waals surface area contributed by atoms with Crippen molar-refractivity contribution in [1.82, 2.24) is 0 Å². The number of rotatable bonds is 4. The fraction of sp³-hybridized carbons (Fsp3) is 0.400. The number of aliphatic hydroxyl groups excluding tert-OH is 1. The van der Waals surface area contributed by atoms with E-state index in [2.05, 4.69) is 0 Å². The molecule has 5 nitrogen and oxygen atoms in total. The number of ether oxygens (including phenoxy) is 2. The molecule has 0 radical (unpaired) electrons. The molecule has 1 atom stereocenters.